The minimum Gasteiger partial charge on any atom is -1.00 e. The van der Waals surface area contributed by atoms with E-state index in [0.29, 0.717) is 18.9 Å². The Balaban J connectivity index is 0. The molecular weight excluding hydrogens is 282 g/mol. The van der Waals surface area contributed by atoms with Gasteiger partial charge in [0.25, 0.3) is 0 Å². The maximum Gasteiger partial charge on any atom is 0.162 e. The van der Waals surface area contributed by atoms with Crippen molar-refractivity contribution in [2.24, 2.45) is 0 Å². The molecule has 0 aliphatic rings. The summed E-state index contributed by atoms with van der Waals surface area (Å²) < 4.78 is 0.962. The lowest BCUT2D eigenvalue weighted by Gasteiger charge is -2.34. The highest BCUT2D eigenvalue weighted by atomic mass is 79.9. The van der Waals surface area contributed by atoms with Crippen LogP contribution in [0.2, 0.25) is 0 Å². The molecular formula is C13H30BrNO2. The molecule has 0 saturated carbocycles. The van der Waals surface area contributed by atoms with Crippen LogP contribution in [0.15, 0.2) is 0 Å². The summed E-state index contributed by atoms with van der Waals surface area (Å²) in [4.78, 5) is 0. The molecule has 0 fully saturated rings. The van der Waals surface area contributed by atoms with Gasteiger partial charge in [0.15, 0.2) is 5.79 Å². The Hall–Kier alpha value is 0.360. The number of aliphatic hydroxyl groups is 2. The Morgan fingerprint density at radius 2 is 1.59 bits per heavy atom. The first-order valence-corrected chi connectivity index (χ1v) is 6.48. The molecule has 3 nitrogen and oxygen atoms in total. The predicted molar refractivity (Wildman–Crippen MR) is 68.0 cm³/mol. The van der Waals surface area contributed by atoms with Crippen LogP contribution in [-0.4, -0.2) is 47.7 Å². The third-order valence-corrected chi connectivity index (χ3v) is 3.40. The molecule has 0 bridgehead atoms. The molecule has 0 amide bonds. The molecule has 1 unspecified atom stereocenters. The minimum absolute atomic E-state index is 0. The number of hydrogen-bond acceptors (Lipinski definition) is 2. The van der Waals surface area contributed by atoms with Gasteiger partial charge in [-0.1, -0.05) is 20.3 Å². The molecule has 0 aliphatic heterocycles. The Kier molecular flexibility index (Phi) is 9.80. The van der Waals surface area contributed by atoms with E-state index in [0.717, 1.165) is 17.3 Å². The van der Waals surface area contributed by atoms with E-state index in [9.17, 15) is 10.2 Å². The van der Waals surface area contributed by atoms with E-state index >= 15 is 0 Å². The number of halogens is 1. The summed E-state index contributed by atoms with van der Waals surface area (Å²) in [5, 5.41) is 19.0. The highest BCUT2D eigenvalue weighted by Crippen LogP contribution is 2.20. The van der Waals surface area contributed by atoms with E-state index in [4.69, 9.17) is 0 Å². The van der Waals surface area contributed by atoms with Gasteiger partial charge in [-0.2, -0.15) is 0 Å². The smallest absolute Gasteiger partial charge is 0.162 e. The molecule has 0 aliphatic carbocycles. The van der Waals surface area contributed by atoms with Gasteiger partial charge in [0.2, 0.25) is 0 Å². The van der Waals surface area contributed by atoms with Gasteiger partial charge in [0, 0.05) is 6.42 Å². The summed E-state index contributed by atoms with van der Waals surface area (Å²) in [6.45, 7) is 4.01. The maximum absolute atomic E-state index is 9.52. The molecule has 0 saturated heterocycles. The van der Waals surface area contributed by atoms with Gasteiger partial charge in [-0.25, -0.2) is 0 Å². The van der Waals surface area contributed by atoms with Crippen molar-refractivity contribution in [3.63, 3.8) is 0 Å². The van der Waals surface area contributed by atoms with E-state index in [1.165, 1.54) is 12.8 Å². The van der Waals surface area contributed by atoms with E-state index in [-0.39, 0.29) is 17.0 Å². The molecule has 0 aromatic carbocycles. The van der Waals surface area contributed by atoms with Crippen molar-refractivity contribution in [2.75, 3.05) is 21.1 Å². The molecule has 0 rings (SSSR count). The van der Waals surface area contributed by atoms with Gasteiger partial charge in [-0.3, -0.25) is 0 Å². The van der Waals surface area contributed by atoms with Gasteiger partial charge in [-0.05, 0) is 25.7 Å². The van der Waals surface area contributed by atoms with Crippen molar-refractivity contribution >= 4 is 0 Å². The summed E-state index contributed by atoms with van der Waals surface area (Å²) in [5.41, 5.74) is 0. The average Bonchev–Trinajstić information content (AvgIpc) is 2.15. The fourth-order valence-electron chi connectivity index (χ4n) is 2.05. The lowest BCUT2D eigenvalue weighted by Crippen LogP contribution is -3.00. The second-order valence-electron chi connectivity index (χ2n) is 5.79. The van der Waals surface area contributed by atoms with Crippen molar-refractivity contribution in [3.05, 3.63) is 0 Å². The molecule has 17 heavy (non-hydrogen) atoms. The molecule has 4 heteroatoms. The average molecular weight is 312 g/mol. The molecule has 0 spiro atoms. The third kappa shape index (κ3) is 9.00. The van der Waals surface area contributed by atoms with E-state index in [1.807, 2.05) is 6.92 Å². The molecule has 2 N–H and O–H groups in total. The van der Waals surface area contributed by atoms with Crippen LogP contribution in [0.4, 0.5) is 0 Å². The van der Waals surface area contributed by atoms with Crippen LogP contribution in [0.5, 0.6) is 0 Å². The largest absolute Gasteiger partial charge is 1.00 e. The Labute approximate surface area is 117 Å². The number of nitrogens with zero attached hydrogens (tertiary/aromatic N) is 1. The lowest BCUT2D eigenvalue weighted by molar-refractivity contribution is -0.896. The SMILES string of the molecule is CCCC(CCCC(O)(O)CC)[N+](C)(C)C.[Br-]. The normalized spacial score (nSPS) is 14.3. The van der Waals surface area contributed by atoms with Crippen LogP contribution in [0.3, 0.4) is 0 Å². The van der Waals surface area contributed by atoms with Gasteiger partial charge < -0.3 is 31.7 Å². The number of hydrogen-bond donors (Lipinski definition) is 2. The van der Waals surface area contributed by atoms with Crippen molar-refractivity contribution in [1.82, 2.24) is 0 Å². The summed E-state index contributed by atoms with van der Waals surface area (Å²) in [6, 6.07) is 0.623. The summed E-state index contributed by atoms with van der Waals surface area (Å²) in [6.07, 6.45) is 5.26. The highest BCUT2D eigenvalue weighted by Gasteiger charge is 2.25. The Morgan fingerprint density at radius 3 is 1.94 bits per heavy atom. The minimum atomic E-state index is -1.46. The molecule has 0 heterocycles. The molecule has 0 aromatic rings. The monoisotopic (exact) mass is 311 g/mol. The van der Waals surface area contributed by atoms with Crippen LogP contribution in [0, 0.1) is 0 Å². The van der Waals surface area contributed by atoms with Gasteiger partial charge in [0.1, 0.15) is 0 Å². The first-order chi connectivity index (χ1) is 7.23. The van der Waals surface area contributed by atoms with Crippen molar-refractivity contribution in [1.29, 1.82) is 0 Å². The van der Waals surface area contributed by atoms with E-state index in [1.54, 1.807) is 0 Å². The van der Waals surface area contributed by atoms with Gasteiger partial charge in [0.05, 0.1) is 27.2 Å². The van der Waals surface area contributed by atoms with Gasteiger partial charge >= 0.3 is 0 Å². The summed E-state index contributed by atoms with van der Waals surface area (Å²) in [5.74, 6) is -1.46. The van der Waals surface area contributed by atoms with Crippen molar-refractivity contribution in [3.8, 4) is 0 Å². The quantitative estimate of drug-likeness (QED) is 0.452. The molecule has 1 atom stereocenters. The van der Waals surface area contributed by atoms with Crippen LogP contribution in [0.25, 0.3) is 0 Å². The zero-order chi connectivity index (χ0) is 12.8. The Bertz CT molecular complexity index is 190. The van der Waals surface area contributed by atoms with E-state index < -0.39 is 5.79 Å². The molecule has 0 aromatic heterocycles. The second-order valence-corrected chi connectivity index (χ2v) is 5.79. The summed E-state index contributed by atoms with van der Waals surface area (Å²) >= 11 is 0. The van der Waals surface area contributed by atoms with Crippen LogP contribution < -0.4 is 17.0 Å². The first kappa shape index (κ1) is 19.7. The van der Waals surface area contributed by atoms with Crippen LogP contribution in [-0.2, 0) is 0 Å². The second kappa shape index (κ2) is 8.46. The zero-order valence-electron chi connectivity index (χ0n) is 12.0. The standard InChI is InChI=1S/C13H30NO2.BrH/c1-6-9-12(14(3,4)5)10-8-11-13(15,16)7-2;/h12,15-16H,6-11H2,1-5H3;1H/q+1;/p-1. The maximum atomic E-state index is 9.52. The lowest BCUT2D eigenvalue weighted by atomic mass is 9.99. The number of quaternary nitrogens is 1. The molecule has 0 radical (unpaired) electrons. The third-order valence-electron chi connectivity index (χ3n) is 3.40. The molecule has 106 valence electrons. The van der Waals surface area contributed by atoms with Crippen molar-refractivity contribution < 1.29 is 31.7 Å². The topological polar surface area (TPSA) is 40.5 Å². The predicted octanol–water partition coefficient (Wildman–Crippen LogP) is -0.873. The first-order valence-electron chi connectivity index (χ1n) is 6.48. The summed E-state index contributed by atoms with van der Waals surface area (Å²) in [7, 11) is 6.64. The number of rotatable bonds is 8. The van der Waals surface area contributed by atoms with Crippen LogP contribution in [0.1, 0.15) is 52.4 Å². The zero-order valence-corrected chi connectivity index (χ0v) is 13.6. The van der Waals surface area contributed by atoms with Crippen molar-refractivity contribution in [2.45, 2.75) is 64.2 Å². The fourth-order valence-corrected chi connectivity index (χ4v) is 2.05. The highest BCUT2D eigenvalue weighted by molar-refractivity contribution is 4.65. The fraction of sp³-hybridized carbons (Fsp3) is 1.00. The van der Waals surface area contributed by atoms with Gasteiger partial charge in [-0.15, -0.1) is 0 Å². The van der Waals surface area contributed by atoms with E-state index in [2.05, 4.69) is 28.1 Å². The Morgan fingerprint density at radius 1 is 1.06 bits per heavy atom. The van der Waals surface area contributed by atoms with Crippen LogP contribution >= 0.6 is 0 Å².